The number of rotatable bonds is 4. The lowest BCUT2D eigenvalue weighted by atomic mass is 10.1. The van der Waals surface area contributed by atoms with E-state index in [0.717, 1.165) is 16.2 Å². The van der Waals surface area contributed by atoms with E-state index >= 15 is 0 Å². The number of amides is 1. The van der Waals surface area contributed by atoms with Gasteiger partial charge in [-0.2, -0.15) is 0 Å². The maximum absolute atomic E-state index is 12.1. The highest BCUT2D eigenvalue weighted by atomic mass is 32.1. The zero-order valence-electron chi connectivity index (χ0n) is 13.0. The van der Waals surface area contributed by atoms with Crippen molar-refractivity contribution in [3.63, 3.8) is 0 Å². The van der Waals surface area contributed by atoms with Gasteiger partial charge in [0.05, 0.1) is 12.0 Å². The second kappa shape index (κ2) is 6.33. The van der Waals surface area contributed by atoms with E-state index in [1.54, 1.807) is 11.3 Å². The molecule has 4 aromatic rings. The molecule has 1 amide bonds. The molecule has 0 spiro atoms. The fraction of sp³-hybridized carbons (Fsp3) is 0.0588. The number of benzene rings is 1. The van der Waals surface area contributed by atoms with Crippen LogP contribution in [0, 0.1) is 0 Å². The number of carbonyl (C=O) groups is 1. The molecule has 3 heterocycles. The second-order valence-corrected chi connectivity index (χ2v) is 6.26. The number of anilines is 1. The van der Waals surface area contributed by atoms with Crippen LogP contribution in [0.5, 0.6) is 0 Å². The van der Waals surface area contributed by atoms with E-state index in [0.29, 0.717) is 5.69 Å². The maximum atomic E-state index is 12.1. The van der Waals surface area contributed by atoms with E-state index in [-0.39, 0.29) is 18.0 Å². The van der Waals surface area contributed by atoms with Crippen LogP contribution in [0.3, 0.4) is 0 Å². The largest absolute Gasteiger partial charge is 0.325 e. The van der Waals surface area contributed by atoms with Crippen molar-refractivity contribution < 1.29 is 4.79 Å². The van der Waals surface area contributed by atoms with Crippen molar-refractivity contribution in [2.45, 2.75) is 6.54 Å². The summed E-state index contributed by atoms with van der Waals surface area (Å²) in [5, 5.41) is 4.75. The fourth-order valence-electron chi connectivity index (χ4n) is 2.44. The summed E-state index contributed by atoms with van der Waals surface area (Å²) < 4.78 is 3.23. The first-order valence-electron chi connectivity index (χ1n) is 7.52. The number of thiazole rings is 1. The minimum Gasteiger partial charge on any atom is -0.325 e. The number of fused-ring (bicyclic) bond motifs is 1. The third kappa shape index (κ3) is 3.20. The first-order chi connectivity index (χ1) is 12.2. The van der Waals surface area contributed by atoms with Gasteiger partial charge >= 0.3 is 0 Å². The van der Waals surface area contributed by atoms with Gasteiger partial charge in [0.2, 0.25) is 5.91 Å². The van der Waals surface area contributed by atoms with Crippen LogP contribution in [0.4, 0.5) is 5.69 Å². The van der Waals surface area contributed by atoms with Gasteiger partial charge in [0, 0.05) is 41.3 Å². The van der Waals surface area contributed by atoms with Crippen LogP contribution in [0.25, 0.3) is 16.2 Å². The number of nitrogens with zero attached hydrogens (tertiary/aromatic N) is 4. The van der Waals surface area contributed by atoms with Gasteiger partial charge in [0.15, 0.2) is 4.96 Å². The van der Waals surface area contributed by atoms with Gasteiger partial charge in [-0.15, -0.1) is 11.3 Å². The molecular weight excluding hydrogens is 338 g/mol. The van der Waals surface area contributed by atoms with Crippen molar-refractivity contribution in [1.29, 1.82) is 0 Å². The third-order valence-electron chi connectivity index (χ3n) is 3.66. The molecule has 0 aliphatic rings. The van der Waals surface area contributed by atoms with Gasteiger partial charge in [0.1, 0.15) is 6.54 Å². The SMILES string of the molecule is O=C(Cn1cnccc1=O)Nc1ccc(-c2cn3ccsc3n2)cc1. The summed E-state index contributed by atoms with van der Waals surface area (Å²) in [6, 6.07) is 8.74. The van der Waals surface area contributed by atoms with Crippen LogP contribution in [0.1, 0.15) is 0 Å². The summed E-state index contributed by atoms with van der Waals surface area (Å²) in [5.41, 5.74) is 2.25. The van der Waals surface area contributed by atoms with Crippen molar-refractivity contribution in [3.8, 4) is 11.3 Å². The van der Waals surface area contributed by atoms with Crippen molar-refractivity contribution in [2.75, 3.05) is 5.32 Å². The van der Waals surface area contributed by atoms with Gasteiger partial charge in [-0.3, -0.25) is 18.6 Å². The fourth-order valence-corrected chi connectivity index (χ4v) is 3.14. The quantitative estimate of drug-likeness (QED) is 0.611. The number of aromatic nitrogens is 4. The number of carbonyl (C=O) groups excluding carboxylic acids is 1. The average Bonchev–Trinajstić information content (AvgIpc) is 3.19. The molecule has 8 heteroatoms. The van der Waals surface area contributed by atoms with Gasteiger partial charge in [-0.05, 0) is 12.1 Å². The van der Waals surface area contributed by atoms with E-state index in [9.17, 15) is 9.59 Å². The summed E-state index contributed by atoms with van der Waals surface area (Å²) in [5.74, 6) is -0.287. The first-order valence-corrected chi connectivity index (χ1v) is 8.40. The molecule has 1 aromatic carbocycles. The third-order valence-corrected chi connectivity index (χ3v) is 4.43. The van der Waals surface area contributed by atoms with Crippen LogP contribution in [-0.4, -0.2) is 24.8 Å². The Morgan fingerprint density at radius 1 is 1.20 bits per heavy atom. The molecule has 124 valence electrons. The number of nitrogens with one attached hydrogen (secondary N) is 1. The van der Waals surface area contributed by atoms with E-state index in [1.165, 1.54) is 23.2 Å². The predicted octanol–water partition coefficient (Wildman–Crippen LogP) is 2.26. The Morgan fingerprint density at radius 2 is 2.04 bits per heavy atom. The number of hydrogen-bond donors (Lipinski definition) is 1. The second-order valence-electron chi connectivity index (χ2n) is 5.39. The highest BCUT2D eigenvalue weighted by Gasteiger charge is 2.07. The molecule has 0 aliphatic heterocycles. The smallest absolute Gasteiger partial charge is 0.253 e. The summed E-state index contributed by atoms with van der Waals surface area (Å²) in [6.45, 7) is -0.0776. The van der Waals surface area contributed by atoms with Crippen LogP contribution in [0.15, 0.2) is 65.4 Å². The molecule has 3 aromatic heterocycles. The number of hydrogen-bond acceptors (Lipinski definition) is 5. The molecule has 7 nitrogen and oxygen atoms in total. The van der Waals surface area contributed by atoms with Crippen molar-refractivity contribution in [2.24, 2.45) is 0 Å². The molecule has 0 saturated heterocycles. The molecule has 25 heavy (non-hydrogen) atoms. The Labute approximate surface area is 146 Å². The van der Waals surface area contributed by atoms with E-state index in [1.807, 2.05) is 46.4 Å². The molecule has 0 bridgehead atoms. The minimum absolute atomic E-state index is 0.0776. The topological polar surface area (TPSA) is 81.3 Å². The Balaban J connectivity index is 1.47. The predicted molar refractivity (Wildman–Crippen MR) is 95.6 cm³/mol. The van der Waals surface area contributed by atoms with E-state index < -0.39 is 0 Å². The summed E-state index contributed by atoms with van der Waals surface area (Å²) in [4.78, 5) is 33.0. The van der Waals surface area contributed by atoms with Crippen molar-refractivity contribution in [3.05, 3.63) is 71.0 Å². The molecule has 0 fully saturated rings. The lowest BCUT2D eigenvalue weighted by Crippen LogP contribution is -2.26. The normalized spacial score (nSPS) is 10.9. The maximum Gasteiger partial charge on any atom is 0.253 e. The Morgan fingerprint density at radius 3 is 2.80 bits per heavy atom. The summed E-state index contributed by atoms with van der Waals surface area (Å²) in [6.07, 6.45) is 6.67. The van der Waals surface area contributed by atoms with Gasteiger partial charge in [-0.25, -0.2) is 9.97 Å². The Bertz CT molecular complexity index is 1070. The highest BCUT2D eigenvalue weighted by molar-refractivity contribution is 7.15. The summed E-state index contributed by atoms with van der Waals surface area (Å²) >= 11 is 1.58. The van der Waals surface area contributed by atoms with Crippen molar-refractivity contribution >= 4 is 27.9 Å². The number of imidazole rings is 1. The molecule has 0 aliphatic carbocycles. The van der Waals surface area contributed by atoms with Gasteiger partial charge in [0.25, 0.3) is 5.56 Å². The summed E-state index contributed by atoms with van der Waals surface area (Å²) in [7, 11) is 0. The lowest BCUT2D eigenvalue weighted by Gasteiger charge is -2.07. The van der Waals surface area contributed by atoms with E-state index in [2.05, 4.69) is 15.3 Å². The minimum atomic E-state index is -0.287. The van der Waals surface area contributed by atoms with Crippen LogP contribution in [0.2, 0.25) is 0 Å². The zero-order chi connectivity index (χ0) is 17.2. The standard InChI is InChI=1S/C17H13N5O2S/c23-15(10-22-11-18-6-5-16(22)24)19-13-3-1-12(2-4-13)14-9-21-7-8-25-17(21)20-14/h1-9,11H,10H2,(H,19,23). The van der Waals surface area contributed by atoms with E-state index in [4.69, 9.17) is 0 Å². The van der Waals surface area contributed by atoms with Crippen LogP contribution in [-0.2, 0) is 11.3 Å². The van der Waals surface area contributed by atoms with Crippen LogP contribution < -0.4 is 10.9 Å². The van der Waals surface area contributed by atoms with Gasteiger partial charge < -0.3 is 5.32 Å². The molecule has 1 N–H and O–H groups in total. The molecule has 0 radical (unpaired) electrons. The molecule has 4 rings (SSSR count). The van der Waals surface area contributed by atoms with Crippen LogP contribution >= 0.6 is 11.3 Å². The average molecular weight is 351 g/mol. The first kappa shape index (κ1) is 15.3. The molecule has 0 atom stereocenters. The Hall–Kier alpha value is -3.26. The van der Waals surface area contributed by atoms with Gasteiger partial charge in [-0.1, -0.05) is 12.1 Å². The van der Waals surface area contributed by atoms with Crippen molar-refractivity contribution in [1.82, 2.24) is 18.9 Å². The molecular formula is C17H13N5O2S. The Kier molecular flexibility index (Phi) is 3.87. The highest BCUT2D eigenvalue weighted by Crippen LogP contribution is 2.23. The zero-order valence-corrected chi connectivity index (χ0v) is 13.8. The molecule has 0 unspecified atom stereocenters. The molecule has 0 saturated carbocycles. The monoisotopic (exact) mass is 351 g/mol. The lowest BCUT2D eigenvalue weighted by molar-refractivity contribution is -0.116.